The molecule has 0 aliphatic heterocycles. The average molecular weight is 664 g/mol. The van der Waals surface area contributed by atoms with Crippen LogP contribution >= 0.6 is 0 Å². The molecule has 8 rings (SSSR count). The van der Waals surface area contributed by atoms with E-state index >= 15 is 0 Å². The quantitative estimate of drug-likeness (QED) is 0.166. The summed E-state index contributed by atoms with van der Waals surface area (Å²) in [5.41, 5.74) is 10.2. The van der Waals surface area contributed by atoms with E-state index in [0.717, 1.165) is 61.4 Å². The van der Waals surface area contributed by atoms with Crippen molar-refractivity contribution in [3.63, 3.8) is 0 Å². The highest BCUT2D eigenvalue weighted by Gasteiger charge is 2.20. The van der Waals surface area contributed by atoms with Crippen molar-refractivity contribution >= 4 is 27.5 Å². The molecule has 0 N–H and O–H groups in total. The molecule has 0 amide bonds. The van der Waals surface area contributed by atoms with Crippen LogP contribution in [-0.4, -0.2) is 19.1 Å². The smallest absolute Gasteiger partial charge is 0.191 e. The van der Waals surface area contributed by atoms with Crippen molar-refractivity contribution in [2.24, 2.45) is 0 Å². The fourth-order valence-corrected chi connectivity index (χ4v) is 6.98. The van der Waals surface area contributed by atoms with Gasteiger partial charge in [0.2, 0.25) is 0 Å². The van der Waals surface area contributed by atoms with Gasteiger partial charge in [-0.1, -0.05) is 75.4 Å². The molecule has 51 heavy (non-hydrogen) atoms. The van der Waals surface area contributed by atoms with Crippen molar-refractivity contribution in [2.45, 2.75) is 40.0 Å². The molecule has 0 radical (unpaired) electrons. The Morgan fingerprint density at radius 1 is 0.647 bits per heavy atom. The third-order valence-corrected chi connectivity index (χ3v) is 9.52. The predicted octanol–water partition coefficient (Wildman–Crippen LogP) is 12.0. The summed E-state index contributed by atoms with van der Waals surface area (Å²) in [5.74, 6) is 2.82. The largest absolute Gasteiger partial charge is 0.459 e. The van der Waals surface area contributed by atoms with Gasteiger partial charge in [0.25, 0.3) is 0 Å². The molecule has 0 saturated carbocycles. The molecule has 0 saturated heterocycles. The number of para-hydroxylation sites is 1. The Bertz CT molecular complexity index is 2610. The molecule has 0 bridgehead atoms. The molecule has 0 aliphatic rings. The van der Waals surface area contributed by atoms with E-state index in [2.05, 4.69) is 134 Å². The maximum Gasteiger partial charge on any atom is 0.191 e. The highest BCUT2D eigenvalue weighted by atomic mass is 16.5. The van der Waals surface area contributed by atoms with E-state index in [1.165, 1.54) is 11.1 Å². The lowest BCUT2D eigenvalue weighted by Crippen LogP contribution is -2.12. The molecule has 0 fully saturated rings. The second-order valence-corrected chi connectivity index (χ2v) is 14.1. The summed E-state index contributed by atoms with van der Waals surface area (Å²) in [6.45, 7) is 18.7. The Balaban J connectivity index is 1.26. The first-order chi connectivity index (χ1) is 24.7. The van der Waals surface area contributed by atoms with Gasteiger partial charge in [0.1, 0.15) is 23.1 Å². The van der Waals surface area contributed by atoms with Crippen LogP contribution in [0.25, 0.3) is 60.7 Å². The van der Waals surface area contributed by atoms with Crippen LogP contribution in [0.4, 0.5) is 5.69 Å². The van der Waals surface area contributed by atoms with Crippen molar-refractivity contribution in [2.75, 3.05) is 0 Å². The van der Waals surface area contributed by atoms with Crippen molar-refractivity contribution in [1.82, 2.24) is 19.1 Å². The topological polar surface area (TPSA) is 49.2 Å². The van der Waals surface area contributed by atoms with E-state index in [1.54, 1.807) is 12.3 Å². The summed E-state index contributed by atoms with van der Waals surface area (Å²) in [6, 6.07) is 39.4. The number of fused-ring (bicyclic) bond motifs is 3. The van der Waals surface area contributed by atoms with Gasteiger partial charge < -0.3 is 4.74 Å². The Labute approximate surface area is 298 Å². The van der Waals surface area contributed by atoms with Gasteiger partial charge in [-0.3, -0.25) is 9.13 Å². The molecule has 6 nitrogen and oxygen atoms in total. The normalized spacial score (nSPS) is 11.6. The SMILES string of the molecule is [C-]#[N+]c1cc(Oc2ccc3c4cc(-c5ccccc5)ccc4n(-c4cc(C(C)(C)C)ccn4)c3c2)cc(-c2nccn2-c2c(C)cccc2C)c1. The van der Waals surface area contributed by atoms with Gasteiger partial charge in [0.05, 0.1) is 23.3 Å². The number of aryl methyl sites for hydroxylation is 2. The van der Waals surface area contributed by atoms with Crippen LogP contribution in [0.5, 0.6) is 11.5 Å². The second kappa shape index (κ2) is 12.5. The minimum absolute atomic E-state index is 0.0382. The average Bonchev–Trinajstić information content (AvgIpc) is 3.74. The van der Waals surface area contributed by atoms with Crippen LogP contribution in [-0.2, 0) is 5.41 Å². The third-order valence-electron chi connectivity index (χ3n) is 9.52. The highest BCUT2D eigenvalue weighted by molar-refractivity contribution is 6.10. The fraction of sp³-hybridized carbons (Fsp3) is 0.133. The van der Waals surface area contributed by atoms with E-state index in [9.17, 15) is 0 Å². The fourth-order valence-electron chi connectivity index (χ4n) is 6.98. The maximum atomic E-state index is 7.89. The molecule has 0 unspecified atom stereocenters. The summed E-state index contributed by atoms with van der Waals surface area (Å²) >= 11 is 0. The Kier molecular flexibility index (Phi) is 7.77. The van der Waals surface area contributed by atoms with E-state index < -0.39 is 0 Å². The highest BCUT2D eigenvalue weighted by Crippen LogP contribution is 2.39. The van der Waals surface area contributed by atoms with E-state index in [0.29, 0.717) is 17.2 Å². The second-order valence-electron chi connectivity index (χ2n) is 14.1. The van der Waals surface area contributed by atoms with Crippen molar-refractivity contribution < 1.29 is 4.74 Å². The van der Waals surface area contributed by atoms with Crippen LogP contribution in [0.1, 0.15) is 37.5 Å². The molecule has 3 heterocycles. The molecular formula is C45H37N5O. The van der Waals surface area contributed by atoms with Gasteiger partial charge in [0.15, 0.2) is 5.69 Å². The summed E-state index contributed by atoms with van der Waals surface area (Å²) < 4.78 is 10.9. The summed E-state index contributed by atoms with van der Waals surface area (Å²) in [7, 11) is 0. The predicted molar refractivity (Wildman–Crippen MR) is 208 cm³/mol. The standard InChI is InChI=1S/C45H37N5O/c1-29-11-10-12-30(2)43(29)49-22-21-48-44(49)33-23-35(46-6)27-37(24-33)51-36-16-17-38-39-25-32(31-13-8-7-9-14-31)15-18-40(39)50(41(38)28-36)42-26-34(19-20-47-42)45(3,4)5/h7-28H,1-5H3. The van der Waals surface area contributed by atoms with Crippen molar-refractivity contribution in [3.8, 4) is 45.5 Å². The lowest BCUT2D eigenvalue weighted by atomic mass is 9.88. The zero-order valence-corrected chi connectivity index (χ0v) is 29.3. The minimum atomic E-state index is -0.0382. The molecule has 8 aromatic rings. The molecular weight excluding hydrogens is 627 g/mol. The number of ether oxygens (including phenoxy) is 1. The number of rotatable bonds is 6. The summed E-state index contributed by atoms with van der Waals surface area (Å²) in [6.07, 6.45) is 5.66. The van der Waals surface area contributed by atoms with Gasteiger partial charge in [-0.2, -0.15) is 0 Å². The maximum absolute atomic E-state index is 7.89. The molecule has 0 atom stereocenters. The Hall–Kier alpha value is -6.45. The summed E-state index contributed by atoms with van der Waals surface area (Å²) in [4.78, 5) is 13.4. The van der Waals surface area contributed by atoms with E-state index in [1.807, 2.05) is 36.7 Å². The number of benzene rings is 5. The number of hydrogen-bond donors (Lipinski definition) is 0. The van der Waals surface area contributed by atoms with Crippen LogP contribution in [0.2, 0.25) is 0 Å². The first-order valence-electron chi connectivity index (χ1n) is 17.1. The first-order valence-corrected chi connectivity index (χ1v) is 17.1. The van der Waals surface area contributed by atoms with Crippen LogP contribution in [0.15, 0.2) is 134 Å². The lowest BCUT2D eigenvalue weighted by Gasteiger charge is -2.20. The lowest BCUT2D eigenvalue weighted by molar-refractivity contribution is 0.484. The number of imidazole rings is 1. The van der Waals surface area contributed by atoms with Gasteiger partial charge in [-0.05, 0) is 102 Å². The van der Waals surface area contributed by atoms with Gasteiger partial charge in [0, 0.05) is 41.0 Å². The third kappa shape index (κ3) is 5.83. The monoisotopic (exact) mass is 663 g/mol. The number of nitrogens with zero attached hydrogens (tertiary/aromatic N) is 5. The molecule has 248 valence electrons. The molecule has 3 aromatic heterocycles. The van der Waals surface area contributed by atoms with Crippen molar-refractivity contribution in [3.05, 3.63) is 162 Å². The number of hydrogen-bond acceptors (Lipinski definition) is 3. The molecule has 6 heteroatoms. The Morgan fingerprint density at radius 2 is 1.45 bits per heavy atom. The van der Waals surface area contributed by atoms with Gasteiger partial charge in [-0.25, -0.2) is 14.8 Å². The van der Waals surface area contributed by atoms with E-state index in [-0.39, 0.29) is 5.41 Å². The molecule has 5 aromatic carbocycles. The van der Waals surface area contributed by atoms with Crippen molar-refractivity contribution in [1.29, 1.82) is 0 Å². The zero-order valence-electron chi connectivity index (χ0n) is 29.3. The number of aromatic nitrogens is 4. The molecule has 0 spiro atoms. The van der Waals surface area contributed by atoms with Crippen LogP contribution < -0.4 is 4.74 Å². The molecule has 0 aliphatic carbocycles. The van der Waals surface area contributed by atoms with E-state index in [4.69, 9.17) is 21.3 Å². The zero-order chi connectivity index (χ0) is 35.3. The minimum Gasteiger partial charge on any atom is -0.459 e. The van der Waals surface area contributed by atoms with Crippen LogP contribution in [0, 0.1) is 20.4 Å². The first kappa shape index (κ1) is 31.8. The van der Waals surface area contributed by atoms with Crippen LogP contribution in [0.3, 0.4) is 0 Å². The van der Waals surface area contributed by atoms with Gasteiger partial charge in [-0.15, -0.1) is 0 Å². The number of pyridine rings is 1. The Morgan fingerprint density at radius 3 is 2.22 bits per heavy atom. The van der Waals surface area contributed by atoms with Gasteiger partial charge >= 0.3 is 0 Å². The summed E-state index contributed by atoms with van der Waals surface area (Å²) in [5, 5.41) is 2.24.